The van der Waals surface area contributed by atoms with Crippen LogP contribution in [-0.4, -0.2) is 42.7 Å². The monoisotopic (exact) mass is 251 g/mol. The van der Waals surface area contributed by atoms with E-state index in [2.05, 4.69) is 0 Å². The Balaban J connectivity index is 2.23. The topological polar surface area (TPSA) is 49.8 Å². The summed E-state index contributed by atoms with van der Waals surface area (Å²) >= 11 is 0. The Morgan fingerprint density at radius 1 is 1.39 bits per heavy atom. The van der Waals surface area contributed by atoms with Crippen LogP contribution < -0.4 is 4.74 Å². The molecular weight excluding hydrogens is 230 g/mol. The van der Waals surface area contributed by atoms with Gasteiger partial charge in [-0.1, -0.05) is 18.2 Å². The second kappa shape index (κ2) is 7.71. The molecule has 18 heavy (non-hydrogen) atoms. The van der Waals surface area contributed by atoms with Crippen molar-refractivity contribution < 1.29 is 14.6 Å². The number of rotatable bonds is 7. The van der Waals surface area contributed by atoms with Crippen molar-refractivity contribution in [2.75, 3.05) is 26.8 Å². The zero-order valence-electron chi connectivity index (χ0n) is 11.1. The standard InChI is InChI=1S/C14H21NO3/c1-12-6-3-4-7-13(12)18-11-5-8-14(17)15(2)9-10-16/h3-4,6-7,16H,5,8-11H2,1-2H3. The van der Waals surface area contributed by atoms with Gasteiger partial charge in [-0.05, 0) is 25.0 Å². The minimum absolute atomic E-state index is 0.00193. The zero-order valence-corrected chi connectivity index (χ0v) is 11.1. The molecule has 0 atom stereocenters. The van der Waals surface area contributed by atoms with Crippen LogP contribution in [0.1, 0.15) is 18.4 Å². The summed E-state index contributed by atoms with van der Waals surface area (Å²) in [6.07, 6.45) is 1.13. The Morgan fingerprint density at radius 3 is 2.78 bits per heavy atom. The number of amides is 1. The number of benzene rings is 1. The summed E-state index contributed by atoms with van der Waals surface area (Å²) < 4.78 is 5.61. The number of likely N-dealkylation sites (N-methyl/N-ethyl adjacent to an activating group) is 1. The molecule has 1 rings (SSSR count). The van der Waals surface area contributed by atoms with Crippen molar-refractivity contribution in [3.05, 3.63) is 29.8 Å². The molecule has 0 saturated carbocycles. The summed E-state index contributed by atoms with van der Waals surface area (Å²) in [5.74, 6) is 0.908. The summed E-state index contributed by atoms with van der Waals surface area (Å²) in [5.41, 5.74) is 1.10. The highest BCUT2D eigenvalue weighted by Crippen LogP contribution is 2.16. The van der Waals surface area contributed by atoms with Crippen molar-refractivity contribution in [2.45, 2.75) is 19.8 Å². The first-order valence-corrected chi connectivity index (χ1v) is 6.18. The van der Waals surface area contributed by atoms with Crippen molar-refractivity contribution in [1.29, 1.82) is 0 Å². The quantitative estimate of drug-likeness (QED) is 0.749. The largest absolute Gasteiger partial charge is 0.493 e. The molecule has 0 bridgehead atoms. The van der Waals surface area contributed by atoms with E-state index in [4.69, 9.17) is 9.84 Å². The van der Waals surface area contributed by atoms with E-state index in [1.54, 1.807) is 7.05 Å². The van der Waals surface area contributed by atoms with Crippen LogP contribution in [0.2, 0.25) is 0 Å². The number of carbonyl (C=O) groups excluding carboxylic acids is 1. The minimum atomic E-state index is 0.00193. The van der Waals surface area contributed by atoms with Crippen molar-refractivity contribution >= 4 is 5.91 Å². The minimum Gasteiger partial charge on any atom is -0.493 e. The second-order valence-corrected chi connectivity index (χ2v) is 4.26. The molecule has 0 radical (unpaired) electrons. The fourth-order valence-electron chi connectivity index (χ4n) is 1.59. The van der Waals surface area contributed by atoms with Crippen LogP contribution in [0.5, 0.6) is 5.75 Å². The summed E-state index contributed by atoms with van der Waals surface area (Å²) in [7, 11) is 1.70. The Bertz CT molecular complexity index is 379. The molecule has 4 nitrogen and oxygen atoms in total. The van der Waals surface area contributed by atoms with Crippen molar-refractivity contribution in [1.82, 2.24) is 4.90 Å². The molecular formula is C14H21NO3. The van der Waals surface area contributed by atoms with Crippen molar-refractivity contribution in [3.63, 3.8) is 0 Å². The van der Waals surface area contributed by atoms with Crippen LogP contribution in [0.3, 0.4) is 0 Å². The number of aliphatic hydroxyl groups is 1. The van der Waals surface area contributed by atoms with E-state index in [0.29, 0.717) is 26.0 Å². The van der Waals surface area contributed by atoms with Crippen molar-refractivity contribution in [2.24, 2.45) is 0 Å². The summed E-state index contributed by atoms with van der Waals surface area (Å²) in [6.45, 7) is 2.92. The van der Waals surface area contributed by atoms with Gasteiger partial charge in [-0.2, -0.15) is 0 Å². The van der Waals surface area contributed by atoms with Gasteiger partial charge in [0.05, 0.1) is 13.2 Å². The molecule has 0 aromatic heterocycles. The lowest BCUT2D eigenvalue weighted by Crippen LogP contribution is -2.29. The number of ether oxygens (including phenoxy) is 1. The van der Waals surface area contributed by atoms with Gasteiger partial charge in [0.1, 0.15) is 5.75 Å². The maximum Gasteiger partial charge on any atom is 0.222 e. The first-order valence-electron chi connectivity index (χ1n) is 6.18. The predicted molar refractivity (Wildman–Crippen MR) is 70.6 cm³/mol. The van der Waals surface area contributed by atoms with Crippen LogP contribution >= 0.6 is 0 Å². The fourth-order valence-corrected chi connectivity index (χ4v) is 1.59. The molecule has 0 aliphatic carbocycles. The molecule has 1 N–H and O–H groups in total. The fraction of sp³-hybridized carbons (Fsp3) is 0.500. The van der Waals surface area contributed by atoms with Gasteiger partial charge in [0, 0.05) is 20.0 Å². The average Bonchev–Trinajstić information content (AvgIpc) is 2.36. The number of hydrogen-bond donors (Lipinski definition) is 1. The summed E-state index contributed by atoms with van der Waals surface area (Å²) in [6, 6.07) is 7.82. The summed E-state index contributed by atoms with van der Waals surface area (Å²) in [4.78, 5) is 13.1. The smallest absolute Gasteiger partial charge is 0.222 e. The SMILES string of the molecule is Cc1ccccc1OCCCC(=O)N(C)CCO. The lowest BCUT2D eigenvalue weighted by Gasteiger charge is -2.15. The number of aryl methyl sites for hydroxylation is 1. The second-order valence-electron chi connectivity index (χ2n) is 4.26. The maximum atomic E-state index is 11.6. The third-order valence-electron chi connectivity index (χ3n) is 2.75. The van der Waals surface area contributed by atoms with E-state index in [1.165, 1.54) is 4.90 Å². The Labute approximate surface area is 108 Å². The van der Waals surface area contributed by atoms with E-state index in [1.807, 2.05) is 31.2 Å². The van der Waals surface area contributed by atoms with Crippen LogP contribution in [-0.2, 0) is 4.79 Å². The van der Waals surface area contributed by atoms with Crippen molar-refractivity contribution in [3.8, 4) is 5.75 Å². The zero-order chi connectivity index (χ0) is 13.4. The highest BCUT2D eigenvalue weighted by Gasteiger charge is 2.07. The van der Waals surface area contributed by atoms with E-state index in [0.717, 1.165) is 11.3 Å². The van der Waals surface area contributed by atoms with Gasteiger partial charge in [0.25, 0.3) is 0 Å². The number of hydrogen-bond acceptors (Lipinski definition) is 3. The van der Waals surface area contributed by atoms with Gasteiger partial charge in [-0.15, -0.1) is 0 Å². The highest BCUT2D eigenvalue weighted by molar-refractivity contribution is 5.75. The van der Waals surface area contributed by atoms with Crippen LogP contribution in [0.25, 0.3) is 0 Å². The van der Waals surface area contributed by atoms with Crippen LogP contribution in [0.4, 0.5) is 0 Å². The lowest BCUT2D eigenvalue weighted by atomic mass is 10.2. The Hall–Kier alpha value is -1.55. The predicted octanol–water partition coefficient (Wildman–Crippen LogP) is 1.60. The molecule has 1 aromatic carbocycles. The first-order chi connectivity index (χ1) is 8.65. The van der Waals surface area contributed by atoms with Gasteiger partial charge >= 0.3 is 0 Å². The van der Waals surface area contributed by atoms with Gasteiger partial charge < -0.3 is 14.7 Å². The number of carbonyl (C=O) groups is 1. The van der Waals surface area contributed by atoms with Gasteiger partial charge in [-0.25, -0.2) is 0 Å². The van der Waals surface area contributed by atoms with Gasteiger partial charge in [-0.3, -0.25) is 4.79 Å². The first kappa shape index (κ1) is 14.5. The molecule has 100 valence electrons. The molecule has 0 aliphatic heterocycles. The highest BCUT2D eigenvalue weighted by atomic mass is 16.5. The van der Waals surface area contributed by atoms with E-state index >= 15 is 0 Å². The number of para-hydroxylation sites is 1. The number of aliphatic hydroxyl groups excluding tert-OH is 1. The molecule has 0 saturated heterocycles. The van der Waals surface area contributed by atoms with E-state index in [-0.39, 0.29) is 12.5 Å². The molecule has 1 amide bonds. The molecule has 0 fully saturated rings. The third kappa shape index (κ3) is 4.75. The molecule has 0 heterocycles. The molecule has 1 aromatic rings. The normalized spacial score (nSPS) is 10.2. The molecule has 0 spiro atoms. The molecule has 4 heteroatoms. The molecule has 0 aliphatic rings. The lowest BCUT2D eigenvalue weighted by molar-refractivity contribution is -0.130. The van der Waals surface area contributed by atoms with Gasteiger partial charge in [0.15, 0.2) is 0 Å². The third-order valence-corrected chi connectivity index (χ3v) is 2.75. The van der Waals surface area contributed by atoms with E-state index < -0.39 is 0 Å². The van der Waals surface area contributed by atoms with E-state index in [9.17, 15) is 4.79 Å². The van der Waals surface area contributed by atoms with Crippen LogP contribution in [0.15, 0.2) is 24.3 Å². The average molecular weight is 251 g/mol. The Morgan fingerprint density at radius 2 is 2.11 bits per heavy atom. The maximum absolute atomic E-state index is 11.6. The Kier molecular flexibility index (Phi) is 6.22. The van der Waals surface area contributed by atoms with Crippen LogP contribution in [0, 0.1) is 6.92 Å². The van der Waals surface area contributed by atoms with Gasteiger partial charge in [0.2, 0.25) is 5.91 Å². The summed E-state index contributed by atoms with van der Waals surface area (Å²) in [5, 5.41) is 8.72. The molecule has 0 unspecified atom stereocenters. The number of nitrogens with zero attached hydrogens (tertiary/aromatic N) is 1.